The fourth-order valence-corrected chi connectivity index (χ4v) is 3.43. The summed E-state index contributed by atoms with van der Waals surface area (Å²) >= 11 is 0. The minimum Gasteiger partial charge on any atom is -0.468 e. The molecular formula is C21H27N3O. The van der Waals surface area contributed by atoms with E-state index >= 15 is 0 Å². The number of rotatable bonds is 8. The molecule has 2 unspecified atom stereocenters. The summed E-state index contributed by atoms with van der Waals surface area (Å²) in [6.07, 6.45) is 1.51. The molecule has 2 aromatic carbocycles. The molecular weight excluding hydrogens is 310 g/mol. The van der Waals surface area contributed by atoms with Crippen LogP contribution in [-0.4, -0.2) is 24.5 Å². The van der Waals surface area contributed by atoms with E-state index in [1.165, 1.54) is 10.8 Å². The van der Waals surface area contributed by atoms with Crippen LogP contribution in [0.4, 0.5) is 0 Å². The van der Waals surface area contributed by atoms with E-state index in [1.807, 2.05) is 12.1 Å². The lowest BCUT2D eigenvalue weighted by molar-refractivity contribution is 0.184. The molecule has 132 valence electrons. The number of fused-ring (bicyclic) bond motifs is 1. The molecule has 0 saturated carbocycles. The van der Waals surface area contributed by atoms with Gasteiger partial charge in [0.05, 0.1) is 18.5 Å². The molecule has 0 aliphatic rings. The van der Waals surface area contributed by atoms with E-state index in [9.17, 15) is 0 Å². The lowest BCUT2D eigenvalue weighted by Crippen LogP contribution is -2.39. The van der Waals surface area contributed by atoms with E-state index in [2.05, 4.69) is 66.5 Å². The van der Waals surface area contributed by atoms with Crippen LogP contribution in [0.1, 0.15) is 37.4 Å². The Morgan fingerprint density at radius 1 is 1.00 bits per heavy atom. The van der Waals surface area contributed by atoms with E-state index < -0.39 is 0 Å². The van der Waals surface area contributed by atoms with Crippen molar-refractivity contribution in [1.29, 1.82) is 0 Å². The Kier molecular flexibility index (Phi) is 5.87. The molecule has 25 heavy (non-hydrogen) atoms. The molecule has 0 spiro atoms. The fraction of sp³-hybridized carbons (Fsp3) is 0.333. The van der Waals surface area contributed by atoms with Gasteiger partial charge in [0.25, 0.3) is 0 Å². The maximum atomic E-state index is 6.49. The first kappa shape index (κ1) is 17.7. The molecule has 4 nitrogen and oxygen atoms in total. The number of nitrogens with zero attached hydrogens (tertiary/aromatic N) is 1. The number of hydrogen-bond donors (Lipinski definition) is 2. The highest BCUT2D eigenvalue weighted by Gasteiger charge is 2.21. The summed E-state index contributed by atoms with van der Waals surface area (Å²) in [6, 6.07) is 18.8. The van der Waals surface area contributed by atoms with Crippen molar-refractivity contribution in [3.8, 4) is 0 Å². The minimum absolute atomic E-state index is 0.172. The zero-order valence-corrected chi connectivity index (χ0v) is 15.0. The fourth-order valence-electron chi connectivity index (χ4n) is 3.43. The summed E-state index contributed by atoms with van der Waals surface area (Å²) in [6.45, 7) is 7.01. The summed E-state index contributed by atoms with van der Waals surface area (Å²) in [5, 5.41) is 5.91. The van der Waals surface area contributed by atoms with Gasteiger partial charge in [-0.05, 0) is 41.6 Å². The average molecular weight is 337 g/mol. The van der Waals surface area contributed by atoms with Crippen LogP contribution in [-0.2, 0) is 0 Å². The SMILES string of the molecule is CCN(CC)C(CNC(N)c1cccc2ccccc12)c1ccco1. The van der Waals surface area contributed by atoms with Gasteiger partial charge in [0.2, 0.25) is 0 Å². The number of benzene rings is 2. The molecule has 0 saturated heterocycles. The molecule has 1 aromatic heterocycles. The van der Waals surface area contributed by atoms with Crippen molar-refractivity contribution >= 4 is 10.8 Å². The molecule has 0 amide bonds. The normalized spacial score (nSPS) is 14.1. The van der Waals surface area contributed by atoms with Gasteiger partial charge in [-0.1, -0.05) is 56.3 Å². The summed E-state index contributed by atoms with van der Waals surface area (Å²) in [7, 11) is 0. The quantitative estimate of drug-likeness (QED) is 0.609. The maximum Gasteiger partial charge on any atom is 0.122 e. The predicted molar refractivity (Wildman–Crippen MR) is 103 cm³/mol. The van der Waals surface area contributed by atoms with Gasteiger partial charge in [-0.15, -0.1) is 0 Å². The molecule has 0 aliphatic carbocycles. The van der Waals surface area contributed by atoms with Crippen molar-refractivity contribution in [3.63, 3.8) is 0 Å². The molecule has 0 fully saturated rings. The van der Waals surface area contributed by atoms with Crippen LogP contribution >= 0.6 is 0 Å². The van der Waals surface area contributed by atoms with Crippen LogP contribution in [0.3, 0.4) is 0 Å². The molecule has 3 N–H and O–H groups in total. The lowest BCUT2D eigenvalue weighted by Gasteiger charge is -2.29. The molecule has 3 rings (SSSR count). The van der Waals surface area contributed by atoms with Crippen LogP contribution in [0.2, 0.25) is 0 Å². The van der Waals surface area contributed by atoms with Crippen LogP contribution in [0.25, 0.3) is 10.8 Å². The van der Waals surface area contributed by atoms with Gasteiger partial charge >= 0.3 is 0 Å². The van der Waals surface area contributed by atoms with Gasteiger partial charge in [0.1, 0.15) is 5.76 Å². The van der Waals surface area contributed by atoms with E-state index in [0.717, 1.165) is 31.0 Å². The summed E-state index contributed by atoms with van der Waals surface area (Å²) in [4.78, 5) is 2.38. The second-order valence-corrected chi connectivity index (χ2v) is 6.21. The molecule has 0 aliphatic heterocycles. The highest BCUT2D eigenvalue weighted by atomic mass is 16.3. The van der Waals surface area contributed by atoms with E-state index in [4.69, 9.17) is 10.2 Å². The van der Waals surface area contributed by atoms with Crippen LogP contribution < -0.4 is 11.1 Å². The Bertz CT molecular complexity index is 775. The number of furan rings is 1. The molecule has 4 heteroatoms. The van der Waals surface area contributed by atoms with Crippen LogP contribution in [0.5, 0.6) is 0 Å². The maximum absolute atomic E-state index is 6.49. The highest BCUT2D eigenvalue weighted by molar-refractivity contribution is 5.86. The second kappa shape index (κ2) is 8.30. The second-order valence-electron chi connectivity index (χ2n) is 6.21. The number of likely N-dealkylation sites (N-methyl/N-ethyl adjacent to an activating group) is 1. The average Bonchev–Trinajstić information content (AvgIpc) is 3.18. The van der Waals surface area contributed by atoms with Gasteiger partial charge < -0.3 is 10.2 Å². The minimum atomic E-state index is -0.223. The third kappa shape index (κ3) is 3.93. The third-order valence-electron chi connectivity index (χ3n) is 4.81. The Balaban J connectivity index is 1.78. The first-order chi connectivity index (χ1) is 12.2. The Morgan fingerprint density at radius 2 is 1.76 bits per heavy atom. The monoisotopic (exact) mass is 337 g/mol. The molecule has 2 atom stereocenters. The van der Waals surface area contributed by atoms with Crippen LogP contribution in [0, 0.1) is 0 Å². The largest absolute Gasteiger partial charge is 0.468 e. The number of nitrogens with one attached hydrogen (secondary N) is 1. The third-order valence-corrected chi connectivity index (χ3v) is 4.81. The van der Waals surface area contributed by atoms with Crippen molar-refractivity contribution < 1.29 is 4.42 Å². The number of nitrogens with two attached hydrogens (primary N) is 1. The summed E-state index contributed by atoms with van der Waals surface area (Å²) in [5.41, 5.74) is 7.61. The molecule has 1 heterocycles. The van der Waals surface area contributed by atoms with Crippen molar-refractivity contribution in [2.75, 3.05) is 19.6 Å². The van der Waals surface area contributed by atoms with Gasteiger partial charge in [-0.3, -0.25) is 10.2 Å². The topological polar surface area (TPSA) is 54.4 Å². The van der Waals surface area contributed by atoms with Gasteiger partial charge in [-0.2, -0.15) is 0 Å². The zero-order chi connectivity index (χ0) is 17.6. The van der Waals surface area contributed by atoms with Gasteiger partial charge in [0.15, 0.2) is 0 Å². The van der Waals surface area contributed by atoms with Gasteiger partial charge in [0, 0.05) is 6.54 Å². The van der Waals surface area contributed by atoms with Crippen LogP contribution in [0.15, 0.2) is 65.3 Å². The first-order valence-corrected chi connectivity index (χ1v) is 8.98. The molecule has 0 radical (unpaired) electrons. The van der Waals surface area contributed by atoms with E-state index in [1.54, 1.807) is 6.26 Å². The smallest absolute Gasteiger partial charge is 0.122 e. The summed E-state index contributed by atoms with van der Waals surface area (Å²) in [5.74, 6) is 0.973. The summed E-state index contributed by atoms with van der Waals surface area (Å²) < 4.78 is 5.67. The van der Waals surface area contributed by atoms with Crippen molar-refractivity contribution in [2.24, 2.45) is 5.73 Å². The van der Waals surface area contributed by atoms with Crippen molar-refractivity contribution in [3.05, 3.63) is 72.2 Å². The predicted octanol–water partition coefficient (Wildman–Crippen LogP) is 4.06. The Morgan fingerprint density at radius 3 is 2.48 bits per heavy atom. The van der Waals surface area contributed by atoms with E-state index in [0.29, 0.717) is 0 Å². The Labute approximate surface area is 149 Å². The van der Waals surface area contributed by atoms with Gasteiger partial charge in [-0.25, -0.2) is 0 Å². The van der Waals surface area contributed by atoms with E-state index in [-0.39, 0.29) is 12.2 Å². The standard InChI is InChI=1S/C21H27N3O/c1-3-24(4-2)19(20-13-8-14-25-20)15-23-21(22)18-12-7-10-16-9-5-6-11-17(16)18/h5-14,19,21,23H,3-4,15,22H2,1-2H3. The Hall–Kier alpha value is -2.14. The van der Waals surface area contributed by atoms with Crippen molar-refractivity contribution in [1.82, 2.24) is 10.2 Å². The lowest BCUT2D eigenvalue weighted by atomic mass is 10.0. The van der Waals surface area contributed by atoms with Crippen molar-refractivity contribution in [2.45, 2.75) is 26.1 Å². The highest BCUT2D eigenvalue weighted by Crippen LogP contribution is 2.24. The first-order valence-electron chi connectivity index (χ1n) is 8.98. The number of hydrogen-bond acceptors (Lipinski definition) is 4. The molecule has 0 bridgehead atoms. The zero-order valence-electron chi connectivity index (χ0n) is 15.0. The molecule has 3 aromatic rings.